The number of nitrogens with zero attached hydrogens (tertiary/aromatic N) is 2. The van der Waals surface area contributed by atoms with Gasteiger partial charge in [0.15, 0.2) is 0 Å². The second kappa shape index (κ2) is 15.0. The summed E-state index contributed by atoms with van der Waals surface area (Å²) >= 11 is 0. The van der Waals surface area contributed by atoms with E-state index in [1.165, 1.54) is 12.1 Å². The zero-order valence-corrected chi connectivity index (χ0v) is 28.0. The molecule has 0 unspecified atom stereocenters. The van der Waals surface area contributed by atoms with E-state index in [0.717, 1.165) is 24.3 Å². The number of hydrogen-bond donors (Lipinski definition) is 5. The van der Waals surface area contributed by atoms with Crippen LogP contribution in [0.2, 0.25) is 0 Å². The number of aromatic carboxylic acids is 2. The number of halogens is 3. The van der Waals surface area contributed by atoms with Gasteiger partial charge in [0, 0.05) is 0 Å². The summed E-state index contributed by atoms with van der Waals surface area (Å²) in [6, 6.07) is 7.54. The third-order valence-corrected chi connectivity index (χ3v) is 7.58. The molecule has 3 aromatic carbocycles. The van der Waals surface area contributed by atoms with Gasteiger partial charge in [0.25, 0.3) is 0 Å². The first-order valence-electron chi connectivity index (χ1n) is 10.8. The van der Waals surface area contributed by atoms with Gasteiger partial charge in [-0.1, -0.05) is 23.6 Å². The molecule has 4 rings (SSSR count). The van der Waals surface area contributed by atoms with Gasteiger partial charge in [-0.15, -0.1) is 0 Å². The van der Waals surface area contributed by atoms with Crippen LogP contribution < -0.4 is 84.5 Å². The second-order valence-corrected chi connectivity index (χ2v) is 11.3. The Morgan fingerprint density at radius 3 is 1.73 bits per heavy atom. The number of fused-ring (bicyclic) bond motifs is 1. The molecule has 0 bridgehead atoms. The zero-order valence-electron chi connectivity index (χ0n) is 22.4. The predicted octanol–water partition coefficient (Wildman–Crippen LogP) is -4.33. The van der Waals surface area contributed by atoms with Crippen molar-refractivity contribution in [3.63, 3.8) is 0 Å². The van der Waals surface area contributed by atoms with Crippen LogP contribution in [0.1, 0.15) is 26.3 Å². The summed E-state index contributed by atoms with van der Waals surface area (Å²) < 4.78 is 86.3. The number of anilines is 1. The standard InChI is InChI=1S/C14H10N2O6.C8H8F3N3O4S2.2Na/c17-11-3-1-7(5-9(11)13(19)20)15-16-8-2-4-12(18)10(6-8)14(21)22;9-8(10,11)4-1-5-7(2-6(4)19(12,15)16)20(17,18)14-3-13-5;;/h1-6,17-18H,(H,19,20)(H,21,22);1-2,13-14H,3H2,(H2,12,15,16);;/q;;2*+1/p-2. The number of rotatable bonds is 5. The molecule has 1 aliphatic heterocycles. The summed E-state index contributed by atoms with van der Waals surface area (Å²) in [6.45, 7) is -0.304. The molecule has 15 nitrogen and oxygen atoms in total. The topological polar surface area (TPSA) is 264 Å². The van der Waals surface area contributed by atoms with Gasteiger partial charge in [0.1, 0.15) is 4.90 Å². The summed E-state index contributed by atoms with van der Waals surface area (Å²) in [5.41, 5.74) is -2.54. The van der Waals surface area contributed by atoms with E-state index in [1.54, 1.807) is 0 Å². The van der Waals surface area contributed by atoms with Gasteiger partial charge in [-0.3, -0.25) is 0 Å². The maximum Gasteiger partial charge on any atom is 1.00 e. The van der Waals surface area contributed by atoms with Crippen molar-refractivity contribution in [2.45, 2.75) is 16.0 Å². The molecule has 6 N–H and O–H groups in total. The number of carboxylic acid groups (broad SMARTS) is 2. The van der Waals surface area contributed by atoms with Crippen LogP contribution in [0, 0.1) is 0 Å². The number of alkyl halides is 3. The number of benzene rings is 3. The van der Waals surface area contributed by atoms with E-state index < -0.39 is 76.1 Å². The Bertz CT molecular complexity index is 1780. The average Bonchev–Trinajstić information content (AvgIpc) is 2.87. The number of hydrogen-bond acceptors (Lipinski definition) is 11. The zero-order chi connectivity index (χ0) is 31.6. The van der Waals surface area contributed by atoms with E-state index >= 15 is 0 Å². The second-order valence-electron chi connectivity index (χ2n) is 8.06. The summed E-state index contributed by atoms with van der Waals surface area (Å²) in [6.07, 6.45) is -4.99. The molecule has 0 fully saturated rings. The van der Waals surface area contributed by atoms with Crippen molar-refractivity contribution < 1.29 is 119 Å². The van der Waals surface area contributed by atoms with E-state index in [2.05, 4.69) is 15.5 Å². The maximum absolute atomic E-state index is 12.8. The molecule has 3 aromatic rings. The van der Waals surface area contributed by atoms with Gasteiger partial charge in [0.2, 0.25) is 20.0 Å². The van der Waals surface area contributed by atoms with E-state index in [9.17, 15) is 49.8 Å². The number of nitrogens with one attached hydrogen (secondary N) is 2. The van der Waals surface area contributed by atoms with Crippen LogP contribution in [0.4, 0.5) is 30.2 Å². The SMILES string of the molecule is NS(=O)(=O)c1cc2c(cc1C(F)(F)F)NCNS2(=O)=O.O=C(O)c1cc(N=Nc2ccc([O-])c(C(=O)O)c2)ccc1[O-].[Na+].[Na+]. The Labute approximate surface area is 290 Å². The van der Waals surface area contributed by atoms with E-state index in [-0.39, 0.29) is 82.8 Å². The fourth-order valence-corrected chi connectivity index (χ4v) is 5.24. The van der Waals surface area contributed by atoms with E-state index in [1.807, 2.05) is 4.72 Å². The third kappa shape index (κ3) is 9.60. The van der Waals surface area contributed by atoms with Gasteiger partial charge in [-0.2, -0.15) is 28.1 Å². The summed E-state index contributed by atoms with van der Waals surface area (Å²) in [5.74, 6) is -4.08. The minimum absolute atomic E-state index is 0. The molecule has 0 saturated heterocycles. The van der Waals surface area contributed by atoms with Crippen molar-refractivity contribution in [2.75, 3.05) is 12.0 Å². The quantitative estimate of drug-likeness (QED) is 0.127. The maximum atomic E-state index is 12.8. The number of primary sulfonamides is 1. The first-order valence-corrected chi connectivity index (χ1v) is 13.9. The first-order chi connectivity index (χ1) is 19.3. The van der Waals surface area contributed by atoms with Crippen molar-refractivity contribution in [3.05, 3.63) is 65.2 Å². The Balaban J connectivity index is 0.000000422. The Morgan fingerprint density at radius 1 is 0.886 bits per heavy atom. The Morgan fingerprint density at radius 2 is 1.34 bits per heavy atom. The molecule has 44 heavy (non-hydrogen) atoms. The van der Waals surface area contributed by atoms with Crippen molar-refractivity contribution in [2.24, 2.45) is 15.4 Å². The normalized spacial score (nSPS) is 13.6. The fraction of sp³-hybridized carbons (Fsp3) is 0.0909. The van der Waals surface area contributed by atoms with Gasteiger partial charge in [0.05, 0.1) is 45.3 Å². The molecule has 0 atom stereocenters. The number of carboxylic acids is 2. The van der Waals surface area contributed by atoms with E-state index in [4.69, 9.17) is 15.4 Å². The van der Waals surface area contributed by atoms with Crippen molar-refractivity contribution in [3.8, 4) is 11.5 Å². The van der Waals surface area contributed by atoms with Crippen LogP contribution in [0.5, 0.6) is 11.5 Å². The van der Waals surface area contributed by atoms with Crippen LogP contribution in [-0.4, -0.2) is 45.7 Å². The Kier molecular flexibility index (Phi) is 13.4. The van der Waals surface area contributed by atoms with Crippen LogP contribution in [-0.2, 0) is 26.2 Å². The van der Waals surface area contributed by atoms with Crippen molar-refractivity contribution >= 4 is 49.0 Å². The fourth-order valence-electron chi connectivity index (χ4n) is 3.29. The molecule has 224 valence electrons. The molecule has 0 amide bonds. The summed E-state index contributed by atoms with van der Waals surface area (Å²) in [7, 11) is -8.83. The van der Waals surface area contributed by atoms with Crippen molar-refractivity contribution in [1.29, 1.82) is 0 Å². The largest absolute Gasteiger partial charge is 1.00 e. The third-order valence-electron chi connectivity index (χ3n) is 5.19. The van der Waals surface area contributed by atoms with E-state index in [0.29, 0.717) is 12.1 Å². The monoisotopic (exact) mass is 677 g/mol. The molecule has 0 aliphatic carbocycles. The van der Waals surface area contributed by atoms with Gasteiger partial charge in [-0.25, -0.2) is 31.6 Å². The molecular formula is C22H16F3N5Na2O10S2. The number of nitrogens with two attached hydrogens (primary N) is 1. The van der Waals surface area contributed by atoms with Crippen LogP contribution in [0.3, 0.4) is 0 Å². The van der Waals surface area contributed by atoms with Crippen LogP contribution in [0.15, 0.2) is 68.6 Å². The van der Waals surface area contributed by atoms with Crippen molar-refractivity contribution in [1.82, 2.24) is 4.72 Å². The molecule has 0 aromatic heterocycles. The number of sulfonamides is 2. The van der Waals surface area contributed by atoms with Crippen LogP contribution in [0.25, 0.3) is 0 Å². The molecular weight excluding hydrogens is 661 g/mol. The smallest absolute Gasteiger partial charge is 0.872 e. The van der Waals surface area contributed by atoms with Gasteiger partial charge in [-0.05, 0) is 36.4 Å². The minimum atomic E-state index is -4.99. The molecule has 0 radical (unpaired) electrons. The van der Waals surface area contributed by atoms with Gasteiger partial charge >= 0.3 is 77.2 Å². The molecule has 1 aliphatic rings. The Hall–Kier alpha value is -2.79. The molecule has 0 spiro atoms. The predicted molar refractivity (Wildman–Crippen MR) is 131 cm³/mol. The molecule has 1 heterocycles. The minimum Gasteiger partial charge on any atom is -0.872 e. The summed E-state index contributed by atoms with van der Waals surface area (Å²) in [4.78, 5) is 19.8. The molecule has 0 saturated carbocycles. The van der Waals surface area contributed by atoms with Crippen LogP contribution >= 0.6 is 0 Å². The number of azo groups is 1. The first kappa shape index (κ1) is 39.2. The summed E-state index contributed by atoms with van der Waals surface area (Å²) in [5, 5.41) is 54.8. The average molecular weight is 678 g/mol. The van der Waals surface area contributed by atoms with Gasteiger partial charge < -0.3 is 25.7 Å². The molecule has 22 heteroatoms. The number of carbonyl (C=O) groups is 2.